The SMILES string of the molecule is CC(C)(C)N1CC(CO)C(C(=O)O)C1. The Morgan fingerprint density at radius 1 is 1.43 bits per heavy atom. The number of rotatable bonds is 2. The van der Waals surface area contributed by atoms with Crippen LogP contribution in [0.2, 0.25) is 0 Å². The van der Waals surface area contributed by atoms with Gasteiger partial charge in [-0.2, -0.15) is 0 Å². The van der Waals surface area contributed by atoms with Gasteiger partial charge in [-0.15, -0.1) is 0 Å². The summed E-state index contributed by atoms with van der Waals surface area (Å²) in [6.45, 7) is 7.37. The van der Waals surface area contributed by atoms with Crippen LogP contribution in [0, 0.1) is 11.8 Å². The van der Waals surface area contributed by atoms with E-state index in [0.29, 0.717) is 13.1 Å². The molecule has 0 aromatic rings. The summed E-state index contributed by atoms with van der Waals surface area (Å²) in [6, 6.07) is 0. The van der Waals surface area contributed by atoms with Crippen molar-refractivity contribution >= 4 is 5.97 Å². The topological polar surface area (TPSA) is 60.8 Å². The summed E-state index contributed by atoms with van der Waals surface area (Å²) in [5.74, 6) is -1.33. The van der Waals surface area contributed by atoms with E-state index in [2.05, 4.69) is 25.7 Å². The van der Waals surface area contributed by atoms with Gasteiger partial charge in [-0.05, 0) is 20.8 Å². The minimum absolute atomic E-state index is 0.0163. The first-order chi connectivity index (χ1) is 6.36. The Labute approximate surface area is 84.5 Å². The summed E-state index contributed by atoms with van der Waals surface area (Å²) in [5, 5.41) is 18.0. The molecule has 2 N–H and O–H groups in total. The molecule has 0 amide bonds. The molecule has 0 aromatic carbocycles. The Balaban J connectivity index is 2.70. The largest absolute Gasteiger partial charge is 0.481 e. The van der Waals surface area contributed by atoms with Crippen molar-refractivity contribution in [3.8, 4) is 0 Å². The van der Waals surface area contributed by atoms with Crippen molar-refractivity contribution in [2.24, 2.45) is 11.8 Å². The van der Waals surface area contributed by atoms with Crippen molar-refractivity contribution in [2.75, 3.05) is 19.7 Å². The molecule has 14 heavy (non-hydrogen) atoms. The lowest BCUT2D eigenvalue weighted by Crippen LogP contribution is -2.40. The molecule has 0 bridgehead atoms. The number of carbonyl (C=O) groups is 1. The molecular formula is C10H19NO3. The molecule has 0 aromatic heterocycles. The number of aliphatic hydroxyl groups is 1. The Morgan fingerprint density at radius 3 is 2.29 bits per heavy atom. The average Bonchev–Trinajstić information content (AvgIpc) is 2.45. The molecule has 1 heterocycles. The van der Waals surface area contributed by atoms with Crippen LogP contribution < -0.4 is 0 Å². The Kier molecular flexibility index (Phi) is 3.17. The van der Waals surface area contributed by atoms with E-state index in [9.17, 15) is 4.79 Å². The molecule has 2 unspecified atom stereocenters. The van der Waals surface area contributed by atoms with Gasteiger partial charge in [-0.25, -0.2) is 0 Å². The predicted octanol–water partition coefficient (Wildman–Crippen LogP) is 0.410. The number of nitrogens with zero attached hydrogens (tertiary/aromatic N) is 1. The lowest BCUT2D eigenvalue weighted by atomic mass is 9.97. The van der Waals surface area contributed by atoms with Crippen LogP contribution in [-0.2, 0) is 4.79 Å². The minimum atomic E-state index is -0.796. The maximum atomic E-state index is 10.9. The summed E-state index contributed by atoms with van der Waals surface area (Å²) in [4.78, 5) is 13.0. The lowest BCUT2D eigenvalue weighted by Gasteiger charge is -2.31. The summed E-state index contributed by atoms with van der Waals surface area (Å²) in [5.41, 5.74) is -0.0163. The third-order valence-electron chi connectivity index (χ3n) is 2.94. The van der Waals surface area contributed by atoms with Crippen LogP contribution in [0.3, 0.4) is 0 Å². The second-order valence-corrected chi connectivity index (χ2v) is 4.96. The number of aliphatic hydroxyl groups excluding tert-OH is 1. The summed E-state index contributed by atoms with van der Waals surface area (Å²) in [6.07, 6.45) is 0. The van der Waals surface area contributed by atoms with Crippen molar-refractivity contribution in [3.05, 3.63) is 0 Å². The summed E-state index contributed by atoms with van der Waals surface area (Å²) in [7, 11) is 0. The van der Waals surface area contributed by atoms with Gasteiger partial charge in [0.2, 0.25) is 0 Å². The highest BCUT2D eigenvalue weighted by Crippen LogP contribution is 2.28. The number of carboxylic acids is 1. The van der Waals surface area contributed by atoms with Crippen molar-refractivity contribution < 1.29 is 15.0 Å². The molecule has 2 atom stereocenters. The second-order valence-electron chi connectivity index (χ2n) is 4.96. The highest BCUT2D eigenvalue weighted by molar-refractivity contribution is 5.71. The molecule has 4 heteroatoms. The molecule has 0 aliphatic carbocycles. The van der Waals surface area contributed by atoms with Crippen LogP contribution in [0.25, 0.3) is 0 Å². The Morgan fingerprint density at radius 2 is 2.00 bits per heavy atom. The molecular weight excluding hydrogens is 182 g/mol. The van der Waals surface area contributed by atoms with Gasteiger partial charge in [0.05, 0.1) is 5.92 Å². The second kappa shape index (κ2) is 3.87. The van der Waals surface area contributed by atoms with E-state index in [1.165, 1.54) is 0 Å². The van der Waals surface area contributed by atoms with Crippen LogP contribution in [0.4, 0.5) is 0 Å². The van der Waals surface area contributed by atoms with Gasteiger partial charge < -0.3 is 10.2 Å². The van der Waals surface area contributed by atoms with Crippen LogP contribution in [0.15, 0.2) is 0 Å². The molecule has 0 radical (unpaired) electrons. The number of hydrogen-bond donors (Lipinski definition) is 2. The summed E-state index contributed by atoms with van der Waals surface area (Å²) >= 11 is 0. The van der Waals surface area contributed by atoms with Gasteiger partial charge in [0.15, 0.2) is 0 Å². The van der Waals surface area contributed by atoms with Crippen molar-refractivity contribution in [2.45, 2.75) is 26.3 Å². The fourth-order valence-electron chi connectivity index (χ4n) is 1.88. The zero-order valence-electron chi connectivity index (χ0n) is 9.03. The van der Waals surface area contributed by atoms with E-state index in [0.717, 1.165) is 0 Å². The maximum Gasteiger partial charge on any atom is 0.308 e. The maximum absolute atomic E-state index is 10.9. The molecule has 0 spiro atoms. The molecule has 1 rings (SSSR count). The van der Waals surface area contributed by atoms with E-state index >= 15 is 0 Å². The molecule has 1 saturated heterocycles. The van der Waals surface area contributed by atoms with Crippen molar-refractivity contribution in [1.29, 1.82) is 0 Å². The van der Waals surface area contributed by atoms with Crippen LogP contribution in [0.5, 0.6) is 0 Å². The number of likely N-dealkylation sites (tertiary alicyclic amines) is 1. The van der Waals surface area contributed by atoms with Crippen LogP contribution in [-0.4, -0.2) is 46.3 Å². The highest BCUT2D eigenvalue weighted by atomic mass is 16.4. The monoisotopic (exact) mass is 201 g/mol. The quantitative estimate of drug-likeness (QED) is 0.679. The van der Waals surface area contributed by atoms with E-state index < -0.39 is 11.9 Å². The molecule has 1 aliphatic rings. The minimum Gasteiger partial charge on any atom is -0.481 e. The van der Waals surface area contributed by atoms with E-state index in [4.69, 9.17) is 10.2 Å². The lowest BCUT2D eigenvalue weighted by molar-refractivity contribution is -0.143. The smallest absolute Gasteiger partial charge is 0.308 e. The first-order valence-electron chi connectivity index (χ1n) is 4.95. The van der Waals surface area contributed by atoms with E-state index in [1.807, 2.05) is 0 Å². The average molecular weight is 201 g/mol. The van der Waals surface area contributed by atoms with Gasteiger partial charge in [0, 0.05) is 31.2 Å². The number of carboxylic acid groups (broad SMARTS) is 1. The van der Waals surface area contributed by atoms with Crippen molar-refractivity contribution in [3.63, 3.8) is 0 Å². The molecule has 1 aliphatic heterocycles. The predicted molar refractivity (Wildman–Crippen MR) is 53.0 cm³/mol. The van der Waals surface area contributed by atoms with Gasteiger partial charge >= 0.3 is 5.97 Å². The van der Waals surface area contributed by atoms with Crippen molar-refractivity contribution in [1.82, 2.24) is 4.90 Å². The van der Waals surface area contributed by atoms with Gasteiger partial charge in [0.25, 0.3) is 0 Å². The standard InChI is InChI=1S/C10H19NO3/c1-10(2,3)11-4-7(6-12)8(5-11)9(13)14/h7-8,12H,4-6H2,1-3H3,(H,13,14). The zero-order valence-corrected chi connectivity index (χ0v) is 9.03. The van der Waals surface area contributed by atoms with Gasteiger partial charge in [-0.1, -0.05) is 0 Å². The Bertz CT molecular complexity index is 222. The van der Waals surface area contributed by atoms with Gasteiger partial charge in [0.1, 0.15) is 0 Å². The van der Waals surface area contributed by atoms with E-state index in [1.54, 1.807) is 0 Å². The molecule has 1 fully saturated rings. The first kappa shape index (κ1) is 11.5. The molecule has 82 valence electrons. The third kappa shape index (κ3) is 2.25. The van der Waals surface area contributed by atoms with E-state index in [-0.39, 0.29) is 18.1 Å². The van der Waals surface area contributed by atoms with Gasteiger partial charge in [-0.3, -0.25) is 9.69 Å². The van der Waals surface area contributed by atoms with Crippen LogP contribution >= 0.6 is 0 Å². The first-order valence-corrected chi connectivity index (χ1v) is 4.95. The fraction of sp³-hybridized carbons (Fsp3) is 0.900. The normalized spacial score (nSPS) is 29.4. The number of hydrogen-bond acceptors (Lipinski definition) is 3. The molecule has 0 saturated carbocycles. The number of aliphatic carboxylic acids is 1. The Hall–Kier alpha value is -0.610. The fourth-order valence-corrected chi connectivity index (χ4v) is 1.88. The zero-order chi connectivity index (χ0) is 10.9. The third-order valence-corrected chi connectivity index (χ3v) is 2.94. The molecule has 4 nitrogen and oxygen atoms in total. The van der Waals surface area contributed by atoms with Crippen LogP contribution in [0.1, 0.15) is 20.8 Å². The highest BCUT2D eigenvalue weighted by Gasteiger charge is 2.40. The summed E-state index contributed by atoms with van der Waals surface area (Å²) < 4.78 is 0.